The van der Waals surface area contributed by atoms with E-state index in [9.17, 15) is 31.1 Å². The minimum Gasteiger partial charge on any atom is -0.466 e. The van der Waals surface area contributed by atoms with Crippen LogP contribution in [0, 0.1) is 11.8 Å². The fraction of sp³-hybridized carbons (Fsp3) is 0.567. The second-order valence-corrected chi connectivity index (χ2v) is 12.3. The third-order valence-electron chi connectivity index (χ3n) is 7.76. The molecule has 1 fully saturated rings. The lowest BCUT2D eigenvalue weighted by atomic mass is 9.80. The summed E-state index contributed by atoms with van der Waals surface area (Å²) >= 11 is 3.42. The number of nitrogens with two attached hydrogens (primary N) is 2. The lowest BCUT2D eigenvalue weighted by Gasteiger charge is -2.34. The fourth-order valence-electron chi connectivity index (χ4n) is 5.61. The van der Waals surface area contributed by atoms with Gasteiger partial charge in [0.15, 0.2) is 0 Å². The fourth-order valence-corrected chi connectivity index (χ4v) is 5.98. The van der Waals surface area contributed by atoms with Crippen molar-refractivity contribution in [2.24, 2.45) is 28.5 Å². The highest BCUT2D eigenvalue weighted by Gasteiger charge is 2.37. The van der Waals surface area contributed by atoms with Crippen LogP contribution in [0.2, 0.25) is 0 Å². The minimum atomic E-state index is -5.00. The molecule has 9 nitrogen and oxygen atoms in total. The summed E-state index contributed by atoms with van der Waals surface area (Å²) in [5, 5.41) is 4.87. The Hall–Kier alpha value is -3.27. The Morgan fingerprint density at radius 1 is 1.00 bits per heavy atom. The number of hydrazone groups is 1. The number of carbonyl (C=O) groups is 1. The second-order valence-electron chi connectivity index (χ2n) is 11.4. The topological polar surface area (TPSA) is 113 Å². The van der Waals surface area contributed by atoms with E-state index in [0.29, 0.717) is 60.0 Å². The van der Waals surface area contributed by atoms with Gasteiger partial charge in [0.05, 0.1) is 17.7 Å². The average molecular weight is 725 g/mol. The van der Waals surface area contributed by atoms with Crippen molar-refractivity contribution in [1.82, 2.24) is 15.0 Å². The predicted molar refractivity (Wildman–Crippen MR) is 166 cm³/mol. The molecule has 0 aliphatic heterocycles. The minimum absolute atomic E-state index is 0.0503. The Balaban J connectivity index is 1.90. The summed E-state index contributed by atoms with van der Waals surface area (Å²) in [5.74, 6) is 6.45. The summed E-state index contributed by atoms with van der Waals surface area (Å²) < 4.78 is 87.2. The Morgan fingerprint density at radius 2 is 1.59 bits per heavy atom. The number of nitrogens with zero attached hydrogens (tertiary/aromatic N) is 5. The first kappa shape index (κ1) is 37.2. The Labute approximate surface area is 273 Å². The van der Waals surface area contributed by atoms with E-state index in [2.05, 4.69) is 30.9 Å². The van der Waals surface area contributed by atoms with Crippen LogP contribution in [0.15, 0.2) is 40.0 Å². The predicted octanol–water partition coefficient (Wildman–Crippen LogP) is 6.51. The van der Waals surface area contributed by atoms with Gasteiger partial charge in [-0.05, 0) is 97.1 Å². The molecule has 4 N–H and O–H groups in total. The van der Waals surface area contributed by atoms with E-state index >= 15 is 0 Å². The zero-order valence-corrected chi connectivity index (χ0v) is 27.6. The number of ether oxygens (including phenoxy) is 1. The summed E-state index contributed by atoms with van der Waals surface area (Å²) in [7, 11) is 1.38. The quantitative estimate of drug-likeness (QED) is 0.0637. The zero-order valence-electron chi connectivity index (χ0n) is 26.0. The molecule has 3 rings (SSSR count). The molecule has 46 heavy (non-hydrogen) atoms. The maximum Gasteiger partial charge on any atom is 0.416 e. The molecule has 0 bridgehead atoms. The molecule has 1 saturated carbocycles. The van der Waals surface area contributed by atoms with E-state index < -0.39 is 30.0 Å². The van der Waals surface area contributed by atoms with Crippen LogP contribution in [0.1, 0.15) is 68.2 Å². The highest BCUT2D eigenvalue weighted by Crippen LogP contribution is 2.37. The molecular weight excluding hydrogens is 684 g/mol. The molecular formula is C30H40BrF6N7O2. The molecule has 0 saturated heterocycles. The molecule has 256 valence electrons. The van der Waals surface area contributed by atoms with Crippen molar-refractivity contribution in [3.05, 3.63) is 57.2 Å². The van der Waals surface area contributed by atoms with Crippen LogP contribution in [0.25, 0.3) is 0 Å². The average Bonchev–Trinajstić information content (AvgIpc) is 2.95. The summed E-state index contributed by atoms with van der Waals surface area (Å²) in [6.45, 7) is 4.88. The summed E-state index contributed by atoms with van der Waals surface area (Å²) in [6.07, 6.45) is -4.36. The van der Waals surface area contributed by atoms with Gasteiger partial charge in [-0.25, -0.2) is 15.9 Å². The lowest BCUT2D eigenvalue weighted by molar-refractivity contribution is -0.145. The number of benzene rings is 1. The van der Waals surface area contributed by atoms with Gasteiger partial charge in [0.25, 0.3) is 0 Å². The Morgan fingerprint density at radius 3 is 2.11 bits per heavy atom. The standard InChI is InChI=1S/C30H40BrF6N7O2/c1-4-43(16-20-8-6-19(7-9-20)12-26(45)46-5-2)27-22(13-25(31)15-40-27)18-44(28(38)41-42(3)39)17-21-10-23(29(32,33)34)14-24(11-21)30(35,36)37/h10-11,13-15,19-20H,4-9,12,16-18,39H2,1-3H3,(H2,38,41). The van der Waals surface area contributed by atoms with Crippen LogP contribution in [0.4, 0.5) is 32.2 Å². The van der Waals surface area contributed by atoms with Crippen molar-refractivity contribution in [3.8, 4) is 0 Å². The van der Waals surface area contributed by atoms with Gasteiger partial charge in [-0.15, -0.1) is 5.10 Å². The van der Waals surface area contributed by atoms with Crippen molar-refractivity contribution < 1.29 is 35.9 Å². The molecule has 1 heterocycles. The SMILES string of the molecule is CCOC(=O)CC1CCC(CN(CC)c2ncc(Br)cc2CN(Cc2cc(C(F)(F)F)cc(C(F)(F)F)c2)/C(N)=N/N(C)N)CC1. The van der Waals surface area contributed by atoms with Crippen LogP contribution >= 0.6 is 15.9 Å². The van der Waals surface area contributed by atoms with E-state index in [1.807, 2.05) is 6.92 Å². The van der Waals surface area contributed by atoms with E-state index in [0.717, 1.165) is 30.8 Å². The second kappa shape index (κ2) is 16.0. The van der Waals surface area contributed by atoms with Gasteiger partial charge in [-0.2, -0.15) is 26.3 Å². The van der Waals surface area contributed by atoms with Crippen molar-refractivity contribution in [3.63, 3.8) is 0 Å². The van der Waals surface area contributed by atoms with Crippen LogP contribution < -0.4 is 16.5 Å². The molecule has 0 atom stereocenters. The number of guanidine groups is 1. The van der Waals surface area contributed by atoms with Crippen molar-refractivity contribution >= 4 is 33.7 Å². The zero-order chi connectivity index (χ0) is 34.2. The van der Waals surface area contributed by atoms with E-state index in [1.54, 1.807) is 19.2 Å². The number of halogens is 7. The van der Waals surface area contributed by atoms with Gasteiger partial charge in [0.2, 0.25) is 5.96 Å². The molecule has 1 aliphatic carbocycles. The molecule has 0 amide bonds. The number of anilines is 1. The number of pyridine rings is 1. The summed E-state index contributed by atoms with van der Waals surface area (Å²) in [6, 6.07) is 3.19. The van der Waals surface area contributed by atoms with Gasteiger partial charge < -0.3 is 20.3 Å². The van der Waals surface area contributed by atoms with Crippen LogP contribution in [-0.2, 0) is 35.0 Å². The van der Waals surface area contributed by atoms with E-state index in [1.165, 1.54) is 11.9 Å². The number of rotatable bonds is 12. The lowest BCUT2D eigenvalue weighted by Crippen LogP contribution is -2.40. The molecule has 0 unspecified atom stereocenters. The summed E-state index contributed by atoms with van der Waals surface area (Å²) in [4.78, 5) is 20.0. The number of hydrazine groups is 1. The Bertz CT molecular complexity index is 1320. The third kappa shape index (κ3) is 10.9. The van der Waals surface area contributed by atoms with Gasteiger partial charge in [-0.1, -0.05) is 0 Å². The molecule has 0 radical (unpaired) electrons. The first-order chi connectivity index (χ1) is 21.5. The smallest absolute Gasteiger partial charge is 0.416 e. The van der Waals surface area contributed by atoms with Crippen LogP contribution in [0.5, 0.6) is 0 Å². The van der Waals surface area contributed by atoms with Crippen molar-refractivity contribution in [1.29, 1.82) is 0 Å². The van der Waals surface area contributed by atoms with Crippen molar-refractivity contribution in [2.45, 2.75) is 71.4 Å². The number of aromatic nitrogens is 1. The number of hydrogen-bond donors (Lipinski definition) is 2. The Kier molecular flexibility index (Phi) is 13.0. The first-order valence-electron chi connectivity index (χ1n) is 14.9. The van der Waals surface area contributed by atoms with Crippen LogP contribution in [0.3, 0.4) is 0 Å². The monoisotopic (exact) mass is 723 g/mol. The molecule has 16 heteroatoms. The van der Waals surface area contributed by atoms with Gasteiger partial charge in [0, 0.05) is 55.9 Å². The van der Waals surface area contributed by atoms with Gasteiger partial charge in [-0.3, -0.25) is 4.79 Å². The van der Waals surface area contributed by atoms with Crippen LogP contribution in [-0.4, -0.2) is 53.7 Å². The van der Waals surface area contributed by atoms with Gasteiger partial charge >= 0.3 is 18.3 Å². The number of hydrogen-bond acceptors (Lipinski definition) is 7. The van der Waals surface area contributed by atoms with E-state index in [4.69, 9.17) is 16.3 Å². The molecule has 0 spiro atoms. The largest absolute Gasteiger partial charge is 0.466 e. The molecule has 1 aliphatic rings. The third-order valence-corrected chi connectivity index (χ3v) is 8.20. The maximum absolute atomic E-state index is 13.6. The highest BCUT2D eigenvalue weighted by molar-refractivity contribution is 9.10. The highest BCUT2D eigenvalue weighted by atomic mass is 79.9. The molecule has 1 aromatic heterocycles. The molecule has 2 aromatic rings. The van der Waals surface area contributed by atoms with Crippen molar-refractivity contribution in [2.75, 3.05) is 31.6 Å². The molecule has 1 aromatic carbocycles. The maximum atomic E-state index is 13.6. The summed E-state index contributed by atoms with van der Waals surface area (Å²) in [5.41, 5.74) is 3.70. The first-order valence-corrected chi connectivity index (χ1v) is 15.7. The number of esters is 1. The van der Waals surface area contributed by atoms with Gasteiger partial charge in [0.1, 0.15) is 5.82 Å². The van der Waals surface area contributed by atoms with E-state index in [-0.39, 0.29) is 36.0 Å². The number of carbonyl (C=O) groups excluding carboxylic acids is 1. The number of alkyl halides is 6. The normalized spacial score (nSPS) is 17.5.